The van der Waals surface area contributed by atoms with Crippen LogP contribution in [0.1, 0.15) is 21.5 Å². The van der Waals surface area contributed by atoms with Gasteiger partial charge in [-0.15, -0.1) is 11.8 Å². The van der Waals surface area contributed by atoms with Crippen LogP contribution in [0, 0.1) is 5.82 Å². The predicted molar refractivity (Wildman–Crippen MR) is 144 cm³/mol. The van der Waals surface area contributed by atoms with Gasteiger partial charge in [0.25, 0.3) is 11.8 Å². The molecule has 0 aromatic heterocycles. The van der Waals surface area contributed by atoms with E-state index in [1.54, 1.807) is 72.8 Å². The summed E-state index contributed by atoms with van der Waals surface area (Å²) in [5.74, 6) is -0.645. The van der Waals surface area contributed by atoms with E-state index in [0.29, 0.717) is 33.2 Å². The van der Waals surface area contributed by atoms with E-state index in [-0.39, 0.29) is 11.5 Å². The third kappa shape index (κ3) is 6.84. The quantitative estimate of drug-likeness (QED) is 0.192. The summed E-state index contributed by atoms with van der Waals surface area (Å²) in [6, 6.07) is 29.6. The van der Waals surface area contributed by atoms with Gasteiger partial charge < -0.3 is 10.6 Å². The van der Waals surface area contributed by atoms with Crippen molar-refractivity contribution in [2.45, 2.75) is 10.6 Å². The molecule has 0 bridgehead atoms. The lowest BCUT2D eigenvalue weighted by Gasteiger charge is -2.12. The van der Waals surface area contributed by atoms with Crippen LogP contribution in [0.4, 0.5) is 10.1 Å². The molecule has 0 saturated heterocycles. The van der Waals surface area contributed by atoms with Gasteiger partial charge in [-0.1, -0.05) is 66.2 Å². The second-order valence-electron chi connectivity index (χ2n) is 7.76. The Morgan fingerprint density at radius 1 is 0.833 bits per heavy atom. The fourth-order valence-electron chi connectivity index (χ4n) is 3.30. The number of rotatable bonds is 8. The van der Waals surface area contributed by atoms with Crippen molar-refractivity contribution >= 4 is 46.9 Å². The van der Waals surface area contributed by atoms with Crippen molar-refractivity contribution in [3.8, 4) is 0 Å². The molecule has 0 fully saturated rings. The summed E-state index contributed by atoms with van der Waals surface area (Å²) in [5, 5.41) is 5.96. The second kappa shape index (κ2) is 12.2. The van der Waals surface area contributed by atoms with Crippen LogP contribution in [-0.4, -0.2) is 11.8 Å². The average molecular weight is 517 g/mol. The zero-order chi connectivity index (χ0) is 25.3. The minimum absolute atomic E-state index is 0.0509. The zero-order valence-corrected chi connectivity index (χ0v) is 20.7. The molecule has 0 aliphatic rings. The maximum Gasteiger partial charge on any atom is 0.272 e. The third-order valence-electron chi connectivity index (χ3n) is 5.20. The van der Waals surface area contributed by atoms with Gasteiger partial charge in [0.2, 0.25) is 0 Å². The van der Waals surface area contributed by atoms with Crippen LogP contribution in [0.15, 0.2) is 114 Å². The minimum atomic E-state index is -0.494. The zero-order valence-electron chi connectivity index (χ0n) is 19.1. The second-order valence-corrected chi connectivity index (χ2v) is 9.21. The number of carbonyl (C=O) groups is 2. The highest BCUT2D eigenvalue weighted by molar-refractivity contribution is 7.98. The molecular formula is C29H22ClFN2O2S. The normalized spacial score (nSPS) is 11.1. The van der Waals surface area contributed by atoms with Crippen molar-refractivity contribution in [3.05, 3.63) is 136 Å². The van der Waals surface area contributed by atoms with Gasteiger partial charge in [0.05, 0.1) is 0 Å². The lowest BCUT2D eigenvalue weighted by Crippen LogP contribution is -2.30. The minimum Gasteiger partial charge on any atom is -0.321 e. The number of carbonyl (C=O) groups excluding carboxylic acids is 2. The molecule has 36 heavy (non-hydrogen) atoms. The van der Waals surface area contributed by atoms with E-state index in [0.717, 1.165) is 4.90 Å². The Hall–Kier alpha value is -3.87. The lowest BCUT2D eigenvalue weighted by molar-refractivity contribution is -0.113. The Kier molecular flexibility index (Phi) is 8.55. The fourth-order valence-corrected chi connectivity index (χ4v) is 4.37. The molecule has 4 rings (SSSR count). The molecule has 0 atom stereocenters. The summed E-state index contributed by atoms with van der Waals surface area (Å²) in [7, 11) is 0. The van der Waals surface area contributed by atoms with Crippen molar-refractivity contribution in [2.75, 3.05) is 5.32 Å². The molecular weight excluding hydrogens is 495 g/mol. The van der Waals surface area contributed by atoms with E-state index >= 15 is 0 Å². The van der Waals surface area contributed by atoms with Crippen molar-refractivity contribution < 1.29 is 14.0 Å². The highest BCUT2D eigenvalue weighted by Crippen LogP contribution is 2.26. The Morgan fingerprint density at radius 3 is 2.22 bits per heavy atom. The maximum atomic E-state index is 13.9. The van der Waals surface area contributed by atoms with Gasteiger partial charge in [-0.3, -0.25) is 9.59 Å². The van der Waals surface area contributed by atoms with Gasteiger partial charge >= 0.3 is 0 Å². The molecule has 0 radical (unpaired) electrons. The highest BCUT2D eigenvalue weighted by Gasteiger charge is 2.16. The van der Waals surface area contributed by atoms with Crippen LogP contribution in [-0.2, 0) is 10.5 Å². The molecule has 4 aromatic carbocycles. The molecule has 0 aliphatic heterocycles. The summed E-state index contributed by atoms with van der Waals surface area (Å²) >= 11 is 7.77. The van der Waals surface area contributed by atoms with Crippen LogP contribution < -0.4 is 10.6 Å². The molecule has 0 saturated carbocycles. The number of benzene rings is 4. The van der Waals surface area contributed by atoms with E-state index in [4.69, 9.17) is 11.6 Å². The van der Waals surface area contributed by atoms with E-state index in [9.17, 15) is 14.0 Å². The molecule has 4 aromatic rings. The number of amides is 2. The topological polar surface area (TPSA) is 58.2 Å². The largest absolute Gasteiger partial charge is 0.321 e. The Morgan fingerprint density at radius 2 is 1.50 bits per heavy atom. The van der Waals surface area contributed by atoms with Crippen molar-refractivity contribution in [1.29, 1.82) is 0 Å². The van der Waals surface area contributed by atoms with Crippen molar-refractivity contribution in [3.63, 3.8) is 0 Å². The maximum absolute atomic E-state index is 13.9. The van der Waals surface area contributed by atoms with Gasteiger partial charge in [0.1, 0.15) is 11.5 Å². The van der Waals surface area contributed by atoms with Crippen LogP contribution in [0.3, 0.4) is 0 Å². The van der Waals surface area contributed by atoms with E-state index in [1.165, 1.54) is 23.9 Å². The first-order chi connectivity index (χ1) is 17.5. The number of nitrogens with one attached hydrogen (secondary N) is 2. The summed E-state index contributed by atoms with van der Waals surface area (Å²) in [6.45, 7) is 0. The summed E-state index contributed by atoms with van der Waals surface area (Å²) in [4.78, 5) is 26.8. The smallest absolute Gasteiger partial charge is 0.272 e. The number of thioether (sulfide) groups is 1. The molecule has 0 heterocycles. The summed E-state index contributed by atoms with van der Waals surface area (Å²) < 4.78 is 13.9. The SMILES string of the molecule is O=C(Nc1ccc(SCc2ccccc2F)cc1)/C(=C/c1ccccc1Cl)NC(=O)c1ccccc1. The first-order valence-corrected chi connectivity index (χ1v) is 12.5. The standard InChI is InChI=1S/C29H22ClFN2O2S/c30-25-12-6-4-10-21(25)18-27(33-28(34)20-8-2-1-3-9-20)29(35)32-23-14-16-24(17-15-23)36-19-22-11-5-7-13-26(22)31/h1-18H,19H2,(H,32,35)(H,33,34)/b27-18-. The van der Waals surface area contributed by atoms with Crippen LogP contribution in [0.2, 0.25) is 5.02 Å². The lowest BCUT2D eigenvalue weighted by atomic mass is 10.1. The molecule has 2 amide bonds. The van der Waals surface area contributed by atoms with Crippen molar-refractivity contribution in [2.24, 2.45) is 0 Å². The van der Waals surface area contributed by atoms with Crippen LogP contribution in [0.5, 0.6) is 0 Å². The molecule has 2 N–H and O–H groups in total. The first kappa shape index (κ1) is 25.2. The van der Waals surface area contributed by atoms with E-state index in [1.807, 2.05) is 24.3 Å². The van der Waals surface area contributed by atoms with Crippen molar-refractivity contribution in [1.82, 2.24) is 5.32 Å². The predicted octanol–water partition coefficient (Wildman–Crippen LogP) is 7.18. The van der Waals surface area contributed by atoms with Gasteiger partial charge in [0, 0.05) is 26.9 Å². The fraction of sp³-hybridized carbons (Fsp3) is 0.0345. The van der Waals surface area contributed by atoms with Gasteiger partial charge in [-0.2, -0.15) is 0 Å². The number of hydrogen-bond acceptors (Lipinski definition) is 3. The number of hydrogen-bond donors (Lipinski definition) is 2. The van der Waals surface area contributed by atoms with E-state index in [2.05, 4.69) is 10.6 Å². The molecule has 0 aliphatic carbocycles. The Labute approximate surface area is 218 Å². The van der Waals surface area contributed by atoms with Crippen LogP contribution in [0.25, 0.3) is 6.08 Å². The summed E-state index contributed by atoms with van der Waals surface area (Å²) in [6.07, 6.45) is 1.54. The third-order valence-corrected chi connectivity index (χ3v) is 6.60. The number of halogens is 2. The molecule has 0 spiro atoms. The average Bonchev–Trinajstić information content (AvgIpc) is 2.90. The van der Waals surface area contributed by atoms with Gasteiger partial charge in [0.15, 0.2) is 0 Å². The first-order valence-electron chi connectivity index (χ1n) is 11.1. The van der Waals surface area contributed by atoms with Gasteiger partial charge in [-0.25, -0.2) is 4.39 Å². The Bertz CT molecular complexity index is 1390. The monoisotopic (exact) mass is 516 g/mol. The molecule has 180 valence electrons. The van der Waals surface area contributed by atoms with Crippen LogP contribution >= 0.6 is 23.4 Å². The molecule has 4 nitrogen and oxygen atoms in total. The highest BCUT2D eigenvalue weighted by atomic mass is 35.5. The van der Waals surface area contributed by atoms with E-state index < -0.39 is 11.8 Å². The molecule has 7 heteroatoms. The van der Waals surface area contributed by atoms with Gasteiger partial charge in [-0.05, 0) is 65.7 Å². The Balaban J connectivity index is 1.48. The molecule has 0 unspecified atom stereocenters. The number of anilines is 1. The summed E-state index contributed by atoms with van der Waals surface area (Å²) in [5.41, 5.74) is 2.25.